The molecule has 0 saturated carbocycles. The van der Waals surface area contributed by atoms with Crippen LogP contribution < -0.4 is 5.32 Å². The Kier molecular flexibility index (Phi) is 4.65. The predicted molar refractivity (Wildman–Crippen MR) is 92.6 cm³/mol. The lowest BCUT2D eigenvalue weighted by Gasteiger charge is -2.08. The Balaban J connectivity index is 2.06. The number of methoxy groups -OCH3 is 1. The third-order valence-electron chi connectivity index (χ3n) is 3.42. The molecule has 0 amide bonds. The van der Waals surface area contributed by atoms with Crippen molar-refractivity contribution < 1.29 is 4.74 Å². The smallest absolute Gasteiger partial charge is 0.163 e. The second-order valence-electron chi connectivity index (χ2n) is 4.97. The van der Waals surface area contributed by atoms with Crippen LogP contribution in [0.15, 0.2) is 36.4 Å². The fraction of sp³-hybridized carbons (Fsp3) is 0.294. The Hall–Kier alpha value is -1.98. The summed E-state index contributed by atoms with van der Waals surface area (Å²) in [6.45, 7) is 3.54. The third kappa shape index (κ3) is 3.10. The molecule has 0 unspecified atom stereocenters. The zero-order valence-electron chi connectivity index (χ0n) is 12.8. The molecule has 22 heavy (non-hydrogen) atoms. The van der Waals surface area contributed by atoms with E-state index < -0.39 is 0 Å². The van der Waals surface area contributed by atoms with Gasteiger partial charge in [0.25, 0.3) is 0 Å². The molecule has 0 aliphatic carbocycles. The number of ether oxygens (including phenoxy) is 1. The molecule has 0 bridgehead atoms. The van der Waals surface area contributed by atoms with E-state index in [0.29, 0.717) is 6.61 Å². The number of nitrogens with one attached hydrogen (secondary N) is 1. The number of aryl methyl sites for hydroxylation is 1. The van der Waals surface area contributed by atoms with E-state index in [1.54, 1.807) is 18.4 Å². The van der Waals surface area contributed by atoms with Gasteiger partial charge in [0.05, 0.1) is 12.0 Å². The normalized spacial score (nSPS) is 11.0. The van der Waals surface area contributed by atoms with Crippen LogP contribution in [-0.2, 0) is 11.2 Å². The Morgan fingerprint density at radius 1 is 1.18 bits per heavy atom. The van der Waals surface area contributed by atoms with Crippen LogP contribution in [0.25, 0.3) is 21.6 Å². The molecule has 3 aromatic rings. The van der Waals surface area contributed by atoms with E-state index >= 15 is 0 Å². The quantitative estimate of drug-likeness (QED) is 0.699. The standard InChI is InChI=1S/C17H19N3OS/c1-3-13-11-14-16(18-9-10-21-2)19-15(20-17(14)22-13)12-7-5-4-6-8-12/h4-8,11H,3,9-10H2,1-2H3,(H,18,19,20). The molecule has 114 valence electrons. The van der Waals surface area contributed by atoms with Crippen LogP contribution >= 0.6 is 11.3 Å². The average Bonchev–Trinajstić information content (AvgIpc) is 2.99. The van der Waals surface area contributed by atoms with Gasteiger partial charge in [-0.1, -0.05) is 37.3 Å². The van der Waals surface area contributed by atoms with Gasteiger partial charge in [-0.25, -0.2) is 9.97 Å². The third-order valence-corrected chi connectivity index (χ3v) is 4.60. The minimum Gasteiger partial charge on any atom is -0.383 e. The van der Waals surface area contributed by atoms with Crippen molar-refractivity contribution in [2.45, 2.75) is 13.3 Å². The van der Waals surface area contributed by atoms with Crippen molar-refractivity contribution in [3.63, 3.8) is 0 Å². The predicted octanol–water partition coefficient (Wildman–Crippen LogP) is 3.98. The maximum atomic E-state index is 5.11. The summed E-state index contributed by atoms with van der Waals surface area (Å²) >= 11 is 1.74. The van der Waals surface area contributed by atoms with Crippen LogP contribution in [0, 0.1) is 0 Å². The Labute approximate surface area is 134 Å². The van der Waals surface area contributed by atoms with Gasteiger partial charge in [-0.2, -0.15) is 0 Å². The van der Waals surface area contributed by atoms with Gasteiger partial charge in [-0.15, -0.1) is 11.3 Å². The molecule has 0 aliphatic heterocycles. The Morgan fingerprint density at radius 3 is 2.73 bits per heavy atom. The maximum Gasteiger partial charge on any atom is 0.163 e. The first-order chi connectivity index (χ1) is 10.8. The molecule has 0 spiro atoms. The molecule has 0 atom stereocenters. The number of thiophene rings is 1. The molecule has 0 aliphatic rings. The molecule has 3 rings (SSSR count). The first-order valence-corrected chi connectivity index (χ1v) is 8.22. The van der Waals surface area contributed by atoms with Gasteiger partial charge in [0.15, 0.2) is 5.82 Å². The van der Waals surface area contributed by atoms with Crippen LogP contribution in [0.1, 0.15) is 11.8 Å². The number of rotatable bonds is 6. The number of aromatic nitrogens is 2. The van der Waals surface area contributed by atoms with Crippen molar-refractivity contribution in [1.82, 2.24) is 9.97 Å². The van der Waals surface area contributed by atoms with Crippen molar-refractivity contribution in [1.29, 1.82) is 0 Å². The molecule has 0 fully saturated rings. The molecule has 4 nitrogen and oxygen atoms in total. The van der Waals surface area contributed by atoms with E-state index in [1.165, 1.54) is 4.88 Å². The number of fused-ring (bicyclic) bond motifs is 1. The van der Waals surface area contributed by atoms with Gasteiger partial charge in [-0.05, 0) is 12.5 Å². The zero-order valence-corrected chi connectivity index (χ0v) is 13.6. The summed E-state index contributed by atoms with van der Waals surface area (Å²) in [5.74, 6) is 1.65. The highest BCUT2D eigenvalue weighted by Crippen LogP contribution is 2.31. The van der Waals surface area contributed by atoms with E-state index in [4.69, 9.17) is 14.7 Å². The summed E-state index contributed by atoms with van der Waals surface area (Å²) in [6.07, 6.45) is 1.01. The lowest BCUT2D eigenvalue weighted by atomic mass is 10.2. The van der Waals surface area contributed by atoms with E-state index in [0.717, 1.165) is 40.4 Å². The van der Waals surface area contributed by atoms with Crippen molar-refractivity contribution in [3.05, 3.63) is 41.3 Å². The highest BCUT2D eigenvalue weighted by atomic mass is 32.1. The Morgan fingerprint density at radius 2 is 2.00 bits per heavy atom. The number of anilines is 1. The summed E-state index contributed by atoms with van der Waals surface area (Å²) in [5.41, 5.74) is 1.03. The minimum absolute atomic E-state index is 0.650. The van der Waals surface area contributed by atoms with E-state index in [9.17, 15) is 0 Å². The molecule has 0 radical (unpaired) electrons. The van der Waals surface area contributed by atoms with E-state index in [1.807, 2.05) is 30.3 Å². The molecule has 5 heteroatoms. The highest BCUT2D eigenvalue weighted by molar-refractivity contribution is 7.18. The monoisotopic (exact) mass is 313 g/mol. The van der Waals surface area contributed by atoms with Gasteiger partial charge < -0.3 is 10.1 Å². The zero-order chi connectivity index (χ0) is 15.4. The highest BCUT2D eigenvalue weighted by Gasteiger charge is 2.12. The summed E-state index contributed by atoms with van der Waals surface area (Å²) < 4.78 is 5.11. The van der Waals surface area contributed by atoms with Gasteiger partial charge in [0, 0.05) is 24.1 Å². The second kappa shape index (κ2) is 6.85. The molecule has 0 saturated heterocycles. The lowest BCUT2D eigenvalue weighted by Crippen LogP contribution is -2.09. The number of hydrogen-bond acceptors (Lipinski definition) is 5. The largest absolute Gasteiger partial charge is 0.383 e. The Bertz CT molecular complexity index is 755. The SMILES string of the molecule is CCc1cc2c(NCCOC)nc(-c3ccccc3)nc2s1. The molecule has 2 aromatic heterocycles. The number of benzene rings is 1. The molecule has 1 aromatic carbocycles. The number of nitrogens with zero attached hydrogens (tertiary/aromatic N) is 2. The lowest BCUT2D eigenvalue weighted by molar-refractivity contribution is 0.210. The molecule has 2 heterocycles. The van der Waals surface area contributed by atoms with Gasteiger partial charge in [0.1, 0.15) is 10.6 Å². The van der Waals surface area contributed by atoms with E-state index in [-0.39, 0.29) is 0 Å². The topological polar surface area (TPSA) is 47.0 Å². The van der Waals surface area contributed by atoms with Gasteiger partial charge in [0.2, 0.25) is 0 Å². The van der Waals surface area contributed by atoms with Crippen molar-refractivity contribution in [2.75, 3.05) is 25.6 Å². The van der Waals surface area contributed by atoms with Crippen LogP contribution in [0.4, 0.5) is 5.82 Å². The van der Waals surface area contributed by atoms with Crippen LogP contribution in [-0.4, -0.2) is 30.2 Å². The first kappa shape index (κ1) is 14.9. The molecular weight excluding hydrogens is 294 g/mol. The van der Waals surface area contributed by atoms with Gasteiger partial charge in [-0.3, -0.25) is 0 Å². The summed E-state index contributed by atoms with van der Waals surface area (Å²) in [6, 6.07) is 12.3. The first-order valence-electron chi connectivity index (χ1n) is 7.40. The summed E-state index contributed by atoms with van der Waals surface area (Å²) in [5, 5.41) is 4.46. The van der Waals surface area contributed by atoms with Gasteiger partial charge >= 0.3 is 0 Å². The van der Waals surface area contributed by atoms with Crippen LogP contribution in [0.2, 0.25) is 0 Å². The average molecular weight is 313 g/mol. The molecule has 1 N–H and O–H groups in total. The van der Waals surface area contributed by atoms with Crippen LogP contribution in [0.5, 0.6) is 0 Å². The molecular formula is C17H19N3OS. The summed E-state index contributed by atoms with van der Waals surface area (Å²) in [7, 11) is 1.70. The van der Waals surface area contributed by atoms with Crippen molar-refractivity contribution in [3.8, 4) is 11.4 Å². The number of hydrogen-bond donors (Lipinski definition) is 1. The summed E-state index contributed by atoms with van der Waals surface area (Å²) in [4.78, 5) is 11.8. The maximum absolute atomic E-state index is 5.11. The van der Waals surface area contributed by atoms with Crippen LogP contribution in [0.3, 0.4) is 0 Å². The van der Waals surface area contributed by atoms with E-state index in [2.05, 4.69) is 18.3 Å². The minimum atomic E-state index is 0.650. The second-order valence-corrected chi connectivity index (χ2v) is 6.08. The fourth-order valence-electron chi connectivity index (χ4n) is 2.27. The van der Waals surface area contributed by atoms with Crippen molar-refractivity contribution >= 4 is 27.4 Å². The fourth-order valence-corrected chi connectivity index (χ4v) is 3.24. The van der Waals surface area contributed by atoms with Crippen molar-refractivity contribution in [2.24, 2.45) is 0 Å².